The molecular weight excluding hydrogens is 256 g/mol. The van der Waals surface area contributed by atoms with Crippen LogP contribution in [0.1, 0.15) is 29.8 Å². The Labute approximate surface area is 98.8 Å². The maximum Gasteiger partial charge on any atom is 0.179 e. The van der Waals surface area contributed by atoms with Crippen LogP contribution in [0.3, 0.4) is 0 Å². The van der Waals surface area contributed by atoms with Gasteiger partial charge in [0.15, 0.2) is 5.78 Å². The number of carbonyl (C=O) groups excluding carboxylic acids is 1. The lowest BCUT2D eigenvalue weighted by molar-refractivity contribution is 0.0992. The van der Waals surface area contributed by atoms with Crippen LogP contribution in [0.2, 0.25) is 0 Å². The van der Waals surface area contributed by atoms with Crippen molar-refractivity contribution in [2.45, 2.75) is 25.6 Å². The van der Waals surface area contributed by atoms with Gasteiger partial charge in [0.2, 0.25) is 0 Å². The number of carbonyl (C=O) groups is 1. The predicted octanol–water partition coefficient (Wildman–Crippen LogP) is 3.36. The van der Waals surface area contributed by atoms with Gasteiger partial charge >= 0.3 is 0 Å². The van der Waals surface area contributed by atoms with Crippen LogP contribution in [0.25, 0.3) is 0 Å². The van der Waals surface area contributed by atoms with E-state index in [4.69, 9.17) is 4.74 Å². The molecule has 1 unspecified atom stereocenters. The van der Waals surface area contributed by atoms with E-state index in [2.05, 4.69) is 15.9 Å². The first-order valence-electron chi connectivity index (χ1n) is 4.98. The summed E-state index contributed by atoms with van der Waals surface area (Å²) in [5, 5.41) is 0. The Kier molecular flexibility index (Phi) is 4.33. The first-order valence-corrected chi connectivity index (χ1v) is 5.89. The number of hydrogen-bond donors (Lipinski definition) is 0. The molecule has 0 aliphatic heterocycles. The summed E-state index contributed by atoms with van der Waals surface area (Å²) in [5.74, 6) is 0.724. The van der Waals surface area contributed by atoms with Gasteiger partial charge in [-0.3, -0.25) is 4.79 Å². The van der Waals surface area contributed by atoms with Crippen LogP contribution in [0.5, 0.6) is 5.75 Å². The van der Waals surface area contributed by atoms with Crippen LogP contribution in [-0.4, -0.2) is 17.2 Å². The molecule has 0 N–H and O–H groups in total. The molecular formula is C12H15BrO2. The molecule has 0 saturated carbocycles. The van der Waals surface area contributed by atoms with Gasteiger partial charge < -0.3 is 4.74 Å². The molecule has 3 heteroatoms. The van der Waals surface area contributed by atoms with Crippen LogP contribution in [0.15, 0.2) is 18.2 Å². The molecule has 0 aromatic heterocycles. The lowest BCUT2D eigenvalue weighted by Crippen LogP contribution is -2.12. The molecule has 1 aromatic carbocycles. The Morgan fingerprint density at radius 1 is 1.53 bits per heavy atom. The third kappa shape index (κ3) is 3.06. The fourth-order valence-corrected chi connectivity index (χ4v) is 1.58. The summed E-state index contributed by atoms with van der Waals surface area (Å²) >= 11 is 3.28. The third-order valence-electron chi connectivity index (χ3n) is 2.06. The van der Waals surface area contributed by atoms with E-state index in [1.807, 2.05) is 39.0 Å². The average molecular weight is 271 g/mol. The predicted molar refractivity (Wildman–Crippen MR) is 65.1 cm³/mol. The van der Waals surface area contributed by atoms with Gasteiger partial charge in [-0.1, -0.05) is 27.6 Å². The van der Waals surface area contributed by atoms with Gasteiger partial charge in [-0.2, -0.15) is 0 Å². The van der Waals surface area contributed by atoms with Crippen molar-refractivity contribution in [1.29, 1.82) is 0 Å². The number of Topliss-reactive ketones (excluding diaryl/α,β-unsaturated/α-hetero) is 1. The second-order valence-electron chi connectivity index (χ2n) is 3.41. The summed E-state index contributed by atoms with van der Waals surface area (Å²) in [4.78, 5) is 11.7. The fourth-order valence-electron chi connectivity index (χ4n) is 1.33. The number of benzene rings is 1. The van der Waals surface area contributed by atoms with Gasteiger partial charge in [0.05, 0.1) is 17.0 Å². The molecule has 15 heavy (non-hydrogen) atoms. The fraction of sp³-hybridized carbons (Fsp3) is 0.417. The third-order valence-corrected chi connectivity index (χ3v) is 2.48. The molecule has 2 nitrogen and oxygen atoms in total. The normalized spacial score (nSPS) is 12.3. The Morgan fingerprint density at radius 2 is 2.20 bits per heavy atom. The average Bonchev–Trinajstić information content (AvgIpc) is 2.20. The molecule has 0 spiro atoms. The van der Waals surface area contributed by atoms with E-state index >= 15 is 0 Å². The van der Waals surface area contributed by atoms with Gasteiger partial charge in [-0.05, 0) is 32.9 Å². The number of ketones is 1. The topological polar surface area (TPSA) is 26.3 Å². The molecule has 1 aromatic rings. The smallest absolute Gasteiger partial charge is 0.179 e. The molecule has 0 saturated heterocycles. The monoisotopic (exact) mass is 270 g/mol. The highest BCUT2D eigenvalue weighted by atomic mass is 79.9. The highest BCUT2D eigenvalue weighted by molar-refractivity contribution is 9.10. The van der Waals surface area contributed by atoms with E-state index in [0.29, 0.717) is 17.9 Å². The van der Waals surface area contributed by atoms with E-state index < -0.39 is 0 Å². The summed E-state index contributed by atoms with van der Waals surface area (Å²) in [5.41, 5.74) is 1.72. The minimum Gasteiger partial charge on any atom is -0.493 e. The van der Waals surface area contributed by atoms with Crippen LogP contribution in [0, 0.1) is 6.92 Å². The Hall–Kier alpha value is -0.830. The quantitative estimate of drug-likeness (QED) is 0.620. The molecule has 0 aliphatic rings. The molecule has 0 radical (unpaired) electrons. The van der Waals surface area contributed by atoms with Crippen LogP contribution < -0.4 is 4.74 Å². The summed E-state index contributed by atoms with van der Waals surface area (Å²) in [7, 11) is 0. The standard InChI is InChI=1S/C12H15BrO2/c1-4-15-11-6-5-8(2)7-10(11)12(14)9(3)13/h5-7,9H,4H2,1-3H3. The number of rotatable bonds is 4. The lowest BCUT2D eigenvalue weighted by Gasteiger charge is -2.11. The largest absolute Gasteiger partial charge is 0.493 e. The van der Waals surface area contributed by atoms with Gasteiger partial charge in [0, 0.05) is 0 Å². The SMILES string of the molecule is CCOc1ccc(C)cc1C(=O)C(C)Br. The summed E-state index contributed by atoms with van der Waals surface area (Å²) < 4.78 is 5.42. The van der Waals surface area contributed by atoms with Gasteiger partial charge in [-0.15, -0.1) is 0 Å². The first-order chi connectivity index (χ1) is 7.06. The van der Waals surface area contributed by atoms with Crippen molar-refractivity contribution in [1.82, 2.24) is 0 Å². The van der Waals surface area contributed by atoms with E-state index in [0.717, 1.165) is 5.56 Å². The highest BCUT2D eigenvalue weighted by Gasteiger charge is 2.16. The van der Waals surface area contributed by atoms with Crippen LogP contribution in [0.4, 0.5) is 0 Å². The number of ether oxygens (including phenoxy) is 1. The van der Waals surface area contributed by atoms with Crippen molar-refractivity contribution >= 4 is 21.7 Å². The van der Waals surface area contributed by atoms with Gasteiger partial charge in [0.1, 0.15) is 5.75 Å². The molecule has 82 valence electrons. The van der Waals surface area contributed by atoms with Crippen molar-refractivity contribution in [2.75, 3.05) is 6.61 Å². The molecule has 0 heterocycles. The molecule has 0 bridgehead atoms. The van der Waals surface area contributed by atoms with Gasteiger partial charge in [-0.25, -0.2) is 0 Å². The Bertz CT molecular complexity index is 359. The molecule has 0 amide bonds. The van der Waals surface area contributed by atoms with E-state index in [-0.39, 0.29) is 10.6 Å². The molecule has 1 rings (SSSR count). The Balaban J connectivity index is 3.12. The van der Waals surface area contributed by atoms with Crippen LogP contribution >= 0.6 is 15.9 Å². The van der Waals surface area contributed by atoms with Crippen molar-refractivity contribution in [3.8, 4) is 5.75 Å². The summed E-state index contributed by atoms with van der Waals surface area (Å²) in [6.07, 6.45) is 0. The number of halogens is 1. The van der Waals surface area contributed by atoms with Crippen LogP contribution in [-0.2, 0) is 0 Å². The number of hydrogen-bond acceptors (Lipinski definition) is 2. The van der Waals surface area contributed by atoms with E-state index in [9.17, 15) is 4.79 Å². The van der Waals surface area contributed by atoms with Crippen molar-refractivity contribution in [2.24, 2.45) is 0 Å². The van der Waals surface area contributed by atoms with Gasteiger partial charge in [0.25, 0.3) is 0 Å². The van der Waals surface area contributed by atoms with E-state index in [1.54, 1.807) is 0 Å². The zero-order valence-electron chi connectivity index (χ0n) is 9.21. The maximum atomic E-state index is 11.9. The van der Waals surface area contributed by atoms with Crippen molar-refractivity contribution in [3.05, 3.63) is 29.3 Å². The minimum absolute atomic E-state index is 0.0575. The minimum atomic E-state index is -0.182. The summed E-state index contributed by atoms with van der Waals surface area (Å²) in [6, 6.07) is 5.66. The molecule has 1 atom stereocenters. The molecule has 0 aliphatic carbocycles. The zero-order chi connectivity index (χ0) is 11.4. The number of alkyl halides is 1. The second kappa shape index (κ2) is 5.31. The number of aryl methyl sites for hydroxylation is 1. The Morgan fingerprint density at radius 3 is 2.73 bits per heavy atom. The first kappa shape index (κ1) is 12.2. The maximum absolute atomic E-state index is 11.9. The lowest BCUT2D eigenvalue weighted by atomic mass is 10.1. The zero-order valence-corrected chi connectivity index (χ0v) is 10.8. The molecule has 0 fully saturated rings. The second-order valence-corrected chi connectivity index (χ2v) is 4.79. The van der Waals surface area contributed by atoms with Crippen molar-refractivity contribution in [3.63, 3.8) is 0 Å². The van der Waals surface area contributed by atoms with Crippen molar-refractivity contribution < 1.29 is 9.53 Å². The van der Waals surface area contributed by atoms with E-state index in [1.165, 1.54) is 0 Å². The highest BCUT2D eigenvalue weighted by Crippen LogP contribution is 2.23. The summed E-state index contributed by atoms with van der Waals surface area (Å²) in [6.45, 7) is 6.26.